The molecule has 1 aromatic rings. The molecular weight excluding hydrogens is 290 g/mol. The van der Waals surface area contributed by atoms with Gasteiger partial charge in [0, 0.05) is 11.6 Å². The molecule has 1 N–H and O–H groups in total. The van der Waals surface area contributed by atoms with Crippen molar-refractivity contribution in [3.8, 4) is 0 Å². The molecular formula is C16H22ClNO3. The number of aliphatic hydroxyl groups is 1. The van der Waals surface area contributed by atoms with E-state index in [0.717, 1.165) is 12.0 Å². The molecule has 0 aromatic heterocycles. The second-order valence-electron chi connectivity index (χ2n) is 6.38. The maximum absolute atomic E-state index is 12.4. The van der Waals surface area contributed by atoms with Gasteiger partial charge < -0.3 is 9.84 Å². The molecule has 2 atom stereocenters. The highest BCUT2D eigenvalue weighted by Gasteiger charge is 2.36. The highest BCUT2D eigenvalue weighted by molar-refractivity contribution is 6.30. The van der Waals surface area contributed by atoms with E-state index in [1.54, 1.807) is 17.0 Å². The van der Waals surface area contributed by atoms with Gasteiger partial charge >= 0.3 is 6.09 Å². The molecule has 1 aliphatic rings. The number of piperidine rings is 1. The lowest BCUT2D eigenvalue weighted by Gasteiger charge is -2.39. The number of hydrogen-bond donors (Lipinski definition) is 1. The summed E-state index contributed by atoms with van der Waals surface area (Å²) in [5, 5.41) is 11.0. The van der Waals surface area contributed by atoms with E-state index in [-0.39, 0.29) is 12.1 Å². The number of amides is 1. The third-order valence-corrected chi connectivity index (χ3v) is 3.69. The summed E-state index contributed by atoms with van der Waals surface area (Å²) >= 11 is 5.91. The van der Waals surface area contributed by atoms with E-state index in [9.17, 15) is 9.90 Å². The van der Waals surface area contributed by atoms with Crippen LogP contribution in [-0.2, 0) is 4.74 Å². The average molecular weight is 312 g/mol. The summed E-state index contributed by atoms with van der Waals surface area (Å²) in [5.74, 6) is 0. The first-order valence-electron chi connectivity index (χ1n) is 7.21. The fraction of sp³-hybridized carbons (Fsp3) is 0.562. The first-order valence-corrected chi connectivity index (χ1v) is 7.59. The summed E-state index contributed by atoms with van der Waals surface area (Å²) in [5.41, 5.74) is 0.321. The van der Waals surface area contributed by atoms with Gasteiger partial charge in [0.05, 0.1) is 12.1 Å². The summed E-state index contributed by atoms with van der Waals surface area (Å²) in [6.45, 7) is 6.09. The lowest BCUT2D eigenvalue weighted by atomic mass is 9.93. The predicted octanol–water partition coefficient (Wildman–Crippen LogP) is 3.77. The van der Waals surface area contributed by atoms with Crippen molar-refractivity contribution in [1.82, 2.24) is 4.90 Å². The minimum absolute atomic E-state index is 0.383. The normalized spacial score (nSPS) is 23.0. The van der Waals surface area contributed by atoms with E-state index in [1.807, 2.05) is 32.9 Å². The van der Waals surface area contributed by atoms with Gasteiger partial charge in [0.15, 0.2) is 0 Å². The number of rotatable bonds is 1. The highest BCUT2D eigenvalue weighted by atomic mass is 35.5. The molecule has 1 amide bonds. The summed E-state index contributed by atoms with van der Waals surface area (Å²) in [6, 6.07) is 6.85. The van der Waals surface area contributed by atoms with Crippen LogP contribution >= 0.6 is 11.6 Å². The molecule has 2 rings (SSSR count). The number of carbonyl (C=O) groups excluding carboxylic acids is 1. The lowest BCUT2D eigenvalue weighted by Crippen LogP contribution is -2.47. The lowest BCUT2D eigenvalue weighted by molar-refractivity contribution is -0.0239. The number of nitrogens with zero attached hydrogens (tertiary/aromatic N) is 1. The van der Waals surface area contributed by atoms with Crippen molar-refractivity contribution in [2.75, 3.05) is 6.54 Å². The van der Waals surface area contributed by atoms with Crippen molar-refractivity contribution in [3.63, 3.8) is 0 Å². The molecule has 21 heavy (non-hydrogen) atoms. The van der Waals surface area contributed by atoms with E-state index >= 15 is 0 Å². The van der Waals surface area contributed by atoms with Crippen molar-refractivity contribution in [1.29, 1.82) is 0 Å². The molecule has 1 heterocycles. The molecule has 0 saturated carbocycles. The van der Waals surface area contributed by atoms with E-state index < -0.39 is 11.7 Å². The number of halogens is 1. The van der Waals surface area contributed by atoms with Gasteiger partial charge in [-0.2, -0.15) is 0 Å². The first kappa shape index (κ1) is 16.1. The largest absolute Gasteiger partial charge is 0.444 e. The Morgan fingerprint density at radius 2 is 1.95 bits per heavy atom. The van der Waals surface area contributed by atoms with Crippen molar-refractivity contribution < 1.29 is 14.6 Å². The Kier molecular flexibility index (Phi) is 4.79. The van der Waals surface area contributed by atoms with Gasteiger partial charge in [-0.1, -0.05) is 23.7 Å². The topological polar surface area (TPSA) is 49.8 Å². The Balaban J connectivity index is 2.25. The van der Waals surface area contributed by atoms with Crippen molar-refractivity contribution in [2.45, 2.75) is 51.4 Å². The molecule has 0 unspecified atom stereocenters. The Labute approximate surface area is 130 Å². The van der Waals surface area contributed by atoms with Crippen LogP contribution < -0.4 is 0 Å². The number of benzene rings is 1. The molecule has 0 aliphatic carbocycles. The zero-order valence-electron chi connectivity index (χ0n) is 12.7. The van der Waals surface area contributed by atoms with Gasteiger partial charge in [-0.3, -0.25) is 4.90 Å². The van der Waals surface area contributed by atoms with Gasteiger partial charge in [-0.05, 0) is 51.3 Å². The van der Waals surface area contributed by atoms with Crippen LogP contribution in [0.5, 0.6) is 0 Å². The Bertz CT molecular complexity index is 495. The van der Waals surface area contributed by atoms with Crippen LogP contribution in [0.4, 0.5) is 4.79 Å². The number of likely N-dealkylation sites (tertiary alicyclic amines) is 1. The van der Waals surface area contributed by atoms with Crippen molar-refractivity contribution in [3.05, 3.63) is 34.9 Å². The van der Waals surface area contributed by atoms with Crippen LogP contribution in [-0.4, -0.2) is 34.3 Å². The fourth-order valence-corrected chi connectivity index (χ4v) is 2.69. The molecule has 0 bridgehead atoms. The fourth-order valence-electron chi connectivity index (χ4n) is 2.56. The Morgan fingerprint density at radius 1 is 1.33 bits per heavy atom. The van der Waals surface area contributed by atoms with Crippen LogP contribution in [0.3, 0.4) is 0 Å². The summed E-state index contributed by atoms with van der Waals surface area (Å²) in [7, 11) is 0. The molecule has 4 nitrogen and oxygen atoms in total. The second-order valence-corrected chi connectivity index (χ2v) is 6.82. The summed E-state index contributed by atoms with van der Waals surface area (Å²) in [4.78, 5) is 14.0. The van der Waals surface area contributed by atoms with Gasteiger partial charge in [-0.25, -0.2) is 4.79 Å². The van der Waals surface area contributed by atoms with Crippen molar-refractivity contribution in [2.24, 2.45) is 0 Å². The Morgan fingerprint density at radius 3 is 2.52 bits per heavy atom. The predicted molar refractivity (Wildman–Crippen MR) is 82.4 cm³/mol. The number of carbonyl (C=O) groups is 1. The third kappa shape index (κ3) is 4.11. The zero-order chi connectivity index (χ0) is 15.6. The van der Waals surface area contributed by atoms with E-state index in [1.165, 1.54) is 0 Å². The van der Waals surface area contributed by atoms with Crippen molar-refractivity contribution >= 4 is 17.7 Å². The summed E-state index contributed by atoms with van der Waals surface area (Å²) < 4.78 is 5.45. The molecule has 1 saturated heterocycles. The minimum Gasteiger partial charge on any atom is -0.444 e. The number of ether oxygens (including phenoxy) is 1. The summed E-state index contributed by atoms with van der Waals surface area (Å²) in [6.07, 6.45) is 0.463. The second kappa shape index (κ2) is 6.24. The highest BCUT2D eigenvalue weighted by Crippen LogP contribution is 2.33. The van der Waals surface area contributed by atoms with Crippen LogP contribution in [0.25, 0.3) is 0 Å². The van der Waals surface area contributed by atoms with Gasteiger partial charge in [-0.15, -0.1) is 0 Å². The van der Waals surface area contributed by atoms with E-state index in [0.29, 0.717) is 18.0 Å². The molecule has 1 aromatic carbocycles. The monoisotopic (exact) mass is 311 g/mol. The standard InChI is InChI=1S/C16H22ClNO3/c1-16(2,3)21-15(20)18-10-4-5-13(19)14(18)11-6-8-12(17)9-7-11/h6-9,13-14,19H,4-5,10H2,1-3H3/t13-,14-/m1/s1. The zero-order valence-corrected chi connectivity index (χ0v) is 13.4. The maximum atomic E-state index is 12.4. The maximum Gasteiger partial charge on any atom is 0.410 e. The quantitative estimate of drug-likeness (QED) is 0.859. The van der Waals surface area contributed by atoms with Crippen LogP contribution in [0.1, 0.15) is 45.2 Å². The first-order chi connectivity index (χ1) is 9.78. The van der Waals surface area contributed by atoms with Gasteiger partial charge in [0.1, 0.15) is 5.60 Å². The minimum atomic E-state index is -0.590. The van der Waals surface area contributed by atoms with E-state index in [4.69, 9.17) is 16.3 Å². The molecule has 5 heteroatoms. The average Bonchev–Trinajstić information content (AvgIpc) is 2.38. The third-order valence-electron chi connectivity index (χ3n) is 3.44. The molecule has 1 aliphatic heterocycles. The molecule has 0 radical (unpaired) electrons. The van der Waals surface area contributed by atoms with E-state index in [2.05, 4.69) is 0 Å². The molecule has 0 spiro atoms. The van der Waals surface area contributed by atoms with Crippen LogP contribution in [0.2, 0.25) is 5.02 Å². The van der Waals surface area contributed by atoms with Crippen LogP contribution in [0, 0.1) is 0 Å². The SMILES string of the molecule is CC(C)(C)OC(=O)N1CCC[C@@H](O)[C@H]1c1ccc(Cl)cc1. The number of hydrogen-bond acceptors (Lipinski definition) is 3. The van der Waals surface area contributed by atoms with Gasteiger partial charge in [0.2, 0.25) is 0 Å². The number of aliphatic hydroxyl groups excluding tert-OH is 1. The molecule has 116 valence electrons. The van der Waals surface area contributed by atoms with Crippen LogP contribution in [0.15, 0.2) is 24.3 Å². The Hall–Kier alpha value is -1.26. The van der Waals surface area contributed by atoms with Gasteiger partial charge in [0.25, 0.3) is 0 Å². The smallest absolute Gasteiger partial charge is 0.410 e. The molecule has 1 fully saturated rings.